The first kappa shape index (κ1) is 39.1. The summed E-state index contributed by atoms with van der Waals surface area (Å²) in [4.78, 5) is 84.6. The van der Waals surface area contributed by atoms with Crippen molar-refractivity contribution in [3.8, 4) is 0 Å². The Morgan fingerprint density at radius 3 is 1.28 bits per heavy atom. The van der Waals surface area contributed by atoms with Gasteiger partial charge in [-0.15, -0.1) is 6.58 Å². The molecule has 0 radical (unpaired) electrons. The molecule has 0 aromatic heterocycles. The molecule has 0 unspecified atom stereocenters. The highest BCUT2D eigenvalue weighted by Gasteiger charge is 2.57. The second kappa shape index (κ2) is 18.3. The molecule has 2 aliphatic heterocycles. The first-order valence-electron chi connectivity index (χ1n) is 14.4. The molecule has 0 aliphatic carbocycles. The molecule has 2 saturated heterocycles. The third-order valence-electron chi connectivity index (χ3n) is 6.26. The fourth-order valence-electron chi connectivity index (χ4n) is 4.77. The SMILES string of the molecule is C=CCO[C@H]1O[C@H](COC(C)=O)[C@@H](OC(C)=O)[C@H](O[C@H]2O[C@H](COC(C)=O)[C@@H](OC(C)=O)[C@H](OC(C)=O)[C@@H]2OC(C)=O)[C@@H]1OC(C)=O. The summed E-state index contributed by atoms with van der Waals surface area (Å²) < 4.78 is 61.3. The van der Waals surface area contributed by atoms with E-state index >= 15 is 0 Å². The van der Waals surface area contributed by atoms with Crippen LogP contribution in [0.5, 0.6) is 0 Å². The quantitative estimate of drug-likeness (QED) is 0.132. The van der Waals surface area contributed by atoms with Gasteiger partial charge in [-0.3, -0.25) is 33.6 Å². The van der Waals surface area contributed by atoms with Crippen molar-refractivity contribution in [2.24, 2.45) is 0 Å². The van der Waals surface area contributed by atoms with Crippen LogP contribution in [-0.4, -0.2) is 123 Å². The van der Waals surface area contributed by atoms with E-state index in [1.54, 1.807) is 0 Å². The van der Waals surface area contributed by atoms with Crippen molar-refractivity contribution in [2.75, 3.05) is 19.8 Å². The van der Waals surface area contributed by atoms with Crippen LogP contribution in [0.2, 0.25) is 0 Å². The third-order valence-corrected chi connectivity index (χ3v) is 6.26. The zero-order valence-corrected chi connectivity index (χ0v) is 27.0. The van der Waals surface area contributed by atoms with Crippen LogP contribution in [-0.2, 0) is 85.7 Å². The molecule has 2 rings (SSSR count). The van der Waals surface area contributed by atoms with Crippen molar-refractivity contribution in [1.82, 2.24) is 0 Å². The highest BCUT2D eigenvalue weighted by Crippen LogP contribution is 2.35. The molecule has 0 N–H and O–H groups in total. The molecule has 2 aliphatic rings. The van der Waals surface area contributed by atoms with Crippen LogP contribution in [0, 0.1) is 0 Å². The third kappa shape index (κ3) is 12.2. The summed E-state index contributed by atoms with van der Waals surface area (Å²) in [5.41, 5.74) is 0. The summed E-state index contributed by atoms with van der Waals surface area (Å²) in [6.45, 7) is 9.87. The van der Waals surface area contributed by atoms with Crippen molar-refractivity contribution in [1.29, 1.82) is 0 Å². The van der Waals surface area contributed by atoms with E-state index in [4.69, 9.17) is 52.1 Å². The molecular formula is C29H40O18. The summed E-state index contributed by atoms with van der Waals surface area (Å²) >= 11 is 0. The Balaban J connectivity index is 2.74. The van der Waals surface area contributed by atoms with E-state index in [1.165, 1.54) is 6.08 Å². The molecule has 0 aromatic rings. The van der Waals surface area contributed by atoms with Crippen LogP contribution >= 0.6 is 0 Å². The zero-order chi connectivity index (χ0) is 35.4. The monoisotopic (exact) mass is 676 g/mol. The van der Waals surface area contributed by atoms with Gasteiger partial charge in [0, 0.05) is 48.5 Å². The average Bonchev–Trinajstić information content (AvgIpc) is 2.94. The van der Waals surface area contributed by atoms with Gasteiger partial charge in [-0.2, -0.15) is 0 Å². The van der Waals surface area contributed by atoms with Crippen molar-refractivity contribution in [3.05, 3.63) is 12.7 Å². The minimum Gasteiger partial charge on any atom is -0.463 e. The Morgan fingerprint density at radius 1 is 0.511 bits per heavy atom. The van der Waals surface area contributed by atoms with Gasteiger partial charge in [-0.05, 0) is 0 Å². The molecule has 18 nitrogen and oxygen atoms in total. The lowest BCUT2D eigenvalue weighted by Gasteiger charge is -2.48. The lowest BCUT2D eigenvalue weighted by Crippen LogP contribution is -2.67. The minimum atomic E-state index is -1.79. The molecule has 0 bridgehead atoms. The Labute approximate surface area is 270 Å². The van der Waals surface area contributed by atoms with E-state index in [9.17, 15) is 33.6 Å². The second-order valence-corrected chi connectivity index (χ2v) is 10.3. The van der Waals surface area contributed by atoms with Gasteiger partial charge in [0.15, 0.2) is 43.1 Å². The molecule has 0 saturated carbocycles. The molecule has 2 fully saturated rings. The predicted molar refractivity (Wildman–Crippen MR) is 149 cm³/mol. The maximum absolute atomic E-state index is 12.3. The first-order chi connectivity index (χ1) is 22.0. The zero-order valence-electron chi connectivity index (χ0n) is 27.0. The van der Waals surface area contributed by atoms with E-state index in [0.717, 1.165) is 48.5 Å². The number of ether oxygens (including phenoxy) is 11. The van der Waals surface area contributed by atoms with Gasteiger partial charge in [0.05, 0.1) is 6.61 Å². The van der Waals surface area contributed by atoms with Crippen molar-refractivity contribution in [2.45, 2.75) is 110 Å². The van der Waals surface area contributed by atoms with Gasteiger partial charge in [0.25, 0.3) is 0 Å². The van der Waals surface area contributed by atoms with E-state index in [1.807, 2.05) is 0 Å². The second-order valence-electron chi connectivity index (χ2n) is 10.3. The fraction of sp³-hybridized carbons (Fsp3) is 0.690. The number of carbonyl (C=O) groups excluding carboxylic acids is 7. The minimum absolute atomic E-state index is 0.132. The molecule has 0 spiro atoms. The van der Waals surface area contributed by atoms with Crippen molar-refractivity contribution in [3.63, 3.8) is 0 Å². The van der Waals surface area contributed by atoms with E-state index in [-0.39, 0.29) is 6.61 Å². The van der Waals surface area contributed by atoms with Gasteiger partial charge in [-0.25, -0.2) is 0 Å². The summed E-state index contributed by atoms with van der Waals surface area (Å²) in [6.07, 6.45) is -14.0. The highest BCUT2D eigenvalue weighted by atomic mass is 16.8. The Morgan fingerprint density at radius 2 is 0.872 bits per heavy atom. The lowest BCUT2D eigenvalue weighted by molar-refractivity contribution is -0.361. The van der Waals surface area contributed by atoms with Gasteiger partial charge >= 0.3 is 41.8 Å². The lowest BCUT2D eigenvalue weighted by atomic mass is 9.96. The van der Waals surface area contributed by atoms with Gasteiger partial charge < -0.3 is 52.1 Å². The van der Waals surface area contributed by atoms with E-state index < -0.39 is 116 Å². The Bertz CT molecular complexity index is 1170. The summed E-state index contributed by atoms with van der Waals surface area (Å²) in [6, 6.07) is 0. The number of rotatable bonds is 14. The van der Waals surface area contributed by atoms with E-state index in [2.05, 4.69) is 6.58 Å². The van der Waals surface area contributed by atoms with Gasteiger partial charge in [-0.1, -0.05) is 6.08 Å². The number of carbonyl (C=O) groups is 7. The van der Waals surface area contributed by atoms with Crippen molar-refractivity contribution < 1.29 is 85.7 Å². The number of hydrogen-bond acceptors (Lipinski definition) is 18. The standard InChI is InChI=1S/C29H40O18/c1-9-10-37-28-26(43-18(7)35)25(23(41-16(5)33)20(45-28)11-38-13(2)30)47-29-27(44-19(8)36)24(42-17(6)34)22(40-15(4)32)21(46-29)12-39-14(3)31/h9,20-29H,1,10-12H2,2-8H3/t20-,21-,22-,23-,24+,25+,26+,27+,28+,29-/m1/s1. The smallest absolute Gasteiger partial charge is 0.303 e. The maximum atomic E-state index is 12.3. The van der Waals surface area contributed by atoms with Crippen LogP contribution in [0.25, 0.3) is 0 Å². The van der Waals surface area contributed by atoms with Crippen LogP contribution in [0.15, 0.2) is 12.7 Å². The summed E-state index contributed by atoms with van der Waals surface area (Å²) in [7, 11) is 0. The molecule has 2 heterocycles. The van der Waals surface area contributed by atoms with Gasteiger partial charge in [0.2, 0.25) is 0 Å². The molecule has 0 amide bonds. The molecule has 47 heavy (non-hydrogen) atoms. The summed E-state index contributed by atoms with van der Waals surface area (Å²) in [5, 5.41) is 0. The summed E-state index contributed by atoms with van der Waals surface area (Å²) in [5.74, 6) is -5.81. The number of hydrogen-bond donors (Lipinski definition) is 0. The average molecular weight is 677 g/mol. The Kier molecular flexibility index (Phi) is 15.2. The van der Waals surface area contributed by atoms with Crippen LogP contribution in [0.1, 0.15) is 48.5 Å². The Hall–Kier alpha value is -4.13. The predicted octanol–water partition coefficient (Wildman–Crippen LogP) is -0.191. The molecule has 0 aromatic carbocycles. The van der Waals surface area contributed by atoms with Crippen molar-refractivity contribution >= 4 is 41.8 Å². The molecule has 10 atom stereocenters. The van der Waals surface area contributed by atoms with Crippen LogP contribution in [0.3, 0.4) is 0 Å². The molecular weight excluding hydrogens is 636 g/mol. The normalized spacial score (nSPS) is 30.1. The largest absolute Gasteiger partial charge is 0.463 e. The topological polar surface area (TPSA) is 221 Å². The van der Waals surface area contributed by atoms with E-state index in [0.29, 0.717) is 0 Å². The maximum Gasteiger partial charge on any atom is 0.303 e. The van der Waals surface area contributed by atoms with Crippen LogP contribution in [0.4, 0.5) is 0 Å². The highest BCUT2D eigenvalue weighted by molar-refractivity contribution is 5.69. The van der Waals surface area contributed by atoms with Gasteiger partial charge in [0.1, 0.15) is 31.5 Å². The molecule has 264 valence electrons. The molecule has 18 heteroatoms. The first-order valence-corrected chi connectivity index (χ1v) is 14.4. The van der Waals surface area contributed by atoms with Crippen LogP contribution < -0.4 is 0 Å². The number of esters is 7. The fourth-order valence-corrected chi connectivity index (χ4v) is 4.77.